The van der Waals surface area contributed by atoms with Crippen LogP contribution in [0.3, 0.4) is 0 Å². The van der Waals surface area contributed by atoms with Crippen molar-refractivity contribution in [2.24, 2.45) is 5.92 Å². The average molecular weight is 454 g/mol. The Labute approximate surface area is 194 Å². The highest BCUT2D eigenvalue weighted by molar-refractivity contribution is 6.46. The van der Waals surface area contributed by atoms with E-state index in [1.807, 2.05) is 20.8 Å². The van der Waals surface area contributed by atoms with E-state index in [9.17, 15) is 19.8 Å². The summed E-state index contributed by atoms with van der Waals surface area (Å²) in [7, 11) is 0. The normalized spacial score (nSPS) is 17.6. The van der Waals surface area contributed by atoms with Crippen LogP contribution >= 0.6 is 0 Å². The summed E-state index contributed by atoms with van der Waals surface area (Å²) < 4.78 is 11.3. The number of hydrogen-bond donors (Lipinski definition) is 2. The van der Waals surface area contributed by atoms with Gasteiger partial charge in [-0.15, -0.1) is 0 Å². The van der Waals surface area contributed by atoms with Crippen molar-refractivity contribution in [2.45, 2.75) is 40.2 Å². The van der Waals surface area contributed by atoms with Crippen LogP contribution in [0.25, 0.3) is 5.76 Å². The predicted octanol–water partition coefficient (Wildman–Crippen LogP) is 4.66. The number of amides is 1. The number of hydrogen-bond acceptors (Lipinski definition) is 6. The highest BCUT2D eigenvalue weighted by Gasteiger charge is 2.45. The zero-order chi connectivity index (χ0) is 24.1. The lowest BCUT2D eigenvalue weighted by atomic mass is 9.95. The number of aliphatic hydroxyl groups excluding tert-OH is 1. The van der Waals surface area contributed by atoms with Crippen molar-refractivity contribution in [3.05, 3.63) is 59.2 Å². The largest absolute Gasteiger partial charge is 0.507 e. The molecule has 33 heavy (non-hydrogen) atoms. The molecule has 1 atom stereocenters. The number of aromatic hydroxyl groups is 1. The molecule has 1 amide bonds. The molecule has 1 unspecified atom stereocenters. The lowest BCUT2D eigenvalue weighted by molar-refractivity contribution is -0.139. The summed E-state index contributed by atoms with van der Waals surface area (Å²) in [6.07, 6.45) is 0.637. The number of likely N-dealkylation sites (tertiary alicyclic amines) is 1. The molecule has 1 aliphatic rings. The molecule has 2 aromatic rings. The van der Waals surface area contributed by atoms with Gasteiger partial charge in [0.2, 0.25) is 0 Å². The molecule has 0 radical (unpaired) electrons. The van der Waals surface area contributed by atoms with Gasteiger partial charge in [-0.25, -0.2) is 0 Å². The van der Waals surface area contributed by atoms with Crippen molar-refractivity contribution in [3.63, 3.8) is 0 Å². The highest BCUT2D eigenvalue weighted by atomic mass is 16.5. The third-order valence-corrected chi connectivity index (χ3v) is 5.29. The van der Waals surface area contributed by atoms with Crippen molar-refractivity contribution >= 4 is 17.4 Å². The van der Waals surface area contributed by atoms with Gasteiger partial charge >= 0.3 is 0 Å². The van der Waals surface area contributed by atoms with Gasteiger partial charge in [-0.05, 0) is 49.1 Å². The Hall–Kier alpha value is -3.48. The summed E-state index contributed by atoms with van der Waals surface area (Å²) in [5.74, 6) is -0.569. The number of carbonyl (C=O) groups is 2. The molecule has 0 spiro atoms. The average Bonchev–Trinajstić information content (AvgIpc) is 3.04. The lowest BCUT2D eigenvalue weighted by Gasteiger charge is -2.25. The van der Waals surface area contributed by atoms with Crippen LogP contribution in [0.4, 0.5) is 0 Å². The number of Topliss-reactive ketones (excluding diaryl/α,β-unsaturated/α-hetero) is 1. The number of rotatable bonds is 9. The van der Waals surface area contributed by atoms with E-state index >= 15 is 0 Å². The first-order chi connectivity index (χ1) is 15.8. The minimum atomic E-state index is -0.801. The monoisotopic (exact) mass is 453 g/mol. The third kappa shape index (κ3) is 5.13. The topological polar surface area (TPSA) is 96.3 Å². The second-order valence-corrected chi connectivity index (χ2v) is 8.39. The number of phenols is 1. The standard InChI is InChI=1S/C26H31NO6/c1-5-12-27-23(17-10-11-20(28)21(14-17)32-6-2)22(25(30)26(27)31)24(29)18-8-7-9-19(13-18)33-15-16(3)4/h7-11,13-14,16,23,28-29H,5-6,12,15H2,1-4H3/b24-22-. The summed E-state index contributed by atoms with van der Waals surface area (Å²) >= 11 is 0. The number of ether oxygens (including phenoxy) is 2. The van der Waals surface area contributed by atoms with Crippen molar-refractivity contribution < 1.29 is 29.3 Å². The van der Waals surface area contributed by atoms with E-state index in [-0.39, 0.29) is 22.8 Å². The van der Waals surface area contributed by atoms with Crippen LogP contribution in [0.2, 0.25) is 0 Å². The van der Waals surface area contributed by atoms with Crippen molar-refractivity contribution in [1.29, 1.82) is 0 Å². The van der Waals surface area contributed by atoms with Crippen LogP contribution in [0, 0.1) is 5.92 Å². The maximum absolute atomic E-state index is 13.0. The number of benzene rings is 2. The molecule has 1 fully saturated rings. The van der Waals surface area contributed by atoms with Crippen LogP contribution in [0.1, 0.15) is 51.3 Å². The molecule has 176 valence electrons. The van der Waals surface area contributed by atoms with Crippen molar-refractivity contribution in [2.75, 3.05) is 19.8 Å². The van der Waals surface area contributed by atoms with Gasteiger partial charge in [0, 0.05) is 12.1 Å². The van der Waals surface area contributed by atoms with Crippen LogP contribution in [-0.2, 0) is 9.59 Å². The molecule has 1 aliphatic heterocycles. The lowest BCUT2D eigenvalue weighted by Crippen LogP contribution is -2.30. The van der Waals surface area contributed by atoms with E-state index in [1.165, 1.54) is 11.0 Å². The zero-order valence-corrected chi connectivity index (χ0v) is 19.5. The first-order valence-electron chi connectivity index (χ1n) is 11.3. The smallest absolute Gasteiger partial charge is 0.295 e. The highest BCUT2D eigenvalue weighted by Crippen LogP contribution is 2.42. The number of carbonyl (C=O) groups excluding carboxylic acids is 2. The zero-order valence-electron chi connectivity index (χ0n) is 19.5. The van der Waals surface area contributed by atoms with E-state index in [2.05, 4.69) is 0 Å². The first kappa shape index (κ1) is 24.2. The SMILES string of the molecule is CCCN1C(=O)C(=O)/C(=C(\O)c2cccc(OCC(C)C)c2)C1c1ccc(O)c(OCC)c1. The Morgan fingerprint density at radius 3 is 2.52 bits per heavy atom. The molecule has 0 aliphatic carbocycles. The summed E-state index contributed by atoms with van der Waals surface area (Å²) in [6.45, 7) is 8.97. The maximum Gasteiger partial charge on any atom is 0.295 e. The molecule has 2 N–H and O–H groups in total. The molecular formula is C26H31NO6. The van der Waals surface area contributed by atoms with Crippen LogP contribution in [0.5, 0.6) is 17.2 Å². The third-order valence-electron chi connectivity index (χ3n) is 5.29. The van der Waals surface area contributed by atoms with Crippen LogP contribution < -0.4 is 9.47 Å². The van der Waals surface area contributed by atoms with Gasteiger partial charge in [0.05, 0.1) is 24.8 Å². The molecule has 7 heteroatoms. The maximum atomic E-state index is 13.0. The molecule has 0 bridgehead atoms. The minimum Gasteiger partial charge on any atom is -0.507 e. The predicted molar refractivity (Wildman–Crippen MR) is 125 cm³/mol. The Morgan fingerprint density at radius 2 is 1.85 bits per heavy atom. The van der Waals surface area contributed by atoms with E-state index < -0.39 is 17.7 Å². The van der Waals surface area contributed by atoms with Crippen LogP contribution in [0.15, 0.2) is 48.0 Å². The number of ketones is 1. The molecule has 3 rings (SSSR count). The molecule has 7 nitrogen and oxygen atoms in total. The Balaban J connectivity index is 2.12. The first-order valence-corrected chi connectivity index (χ1v) is 11.3. The van der Waals surface area contributed by atoms with Gasteiger partial charge < -0.3 is 24.6 Å². The summed E-state index contributed by atoms with van der Waals surface area (Å²) in [5, 5.41) is 21.3. The van der Waals surface area contributed by atoms with Crippen molar-refractivity contribution in [1.82, 2.24) is 4.90 Å². The van der Waals surface area contributed by atoms with Gasteiger partial charge in [0.1, 0.15) is 11.5 Å². The number of nitrogens with zero attached hydrogens (tertiary/aromatic N) is 1. The summed E-state index contributed by atoms with van der Waals surface area (Å²) in [6, 6.07) is 10.7. The number of aliphatic hydroxyl groups is 1. The molecule has 0 aromatic heterocycles. The molecule has 0 saturated carbocycles. The minimum absolute atomic E-state index is 0.00241. The molecular weight excluding hydrogens is 422 g/mol. The van der Waals surface area contributed by atoms with E-state index in [0.717, 1.165) is 0 Å². The number of phenolic OH excluding ortho intramolecular Hbond substituents is 1. The van der Waals surface area contributed by atoms with E-state index in [1.54, 1.807) is 43.3 Å². The quantitative estimate of drug-likeness (QED) is 0.326. The van der Waals surface area contributed by atoms with Gasteiger partial charge in [-0.2, -0.15) is 0 Å². The van der Waals surface area contributed by atoms with Gasteiger partial charge in [-0.3, -0.25) is 9.59 Å². The molecule has 2 aromatic carbocycles. The summed E-state index contributed by atoms with van der Waals surface area (Å²) in [5.41, 5.74) is 0.958. The fourth-order valence-electron chi connectivity index (χ4n) is 3.82. The fourth-order valence-corrected chi connectivity index (χ4v) is 3.82. The van der Waals surface area contributed by atoms with Gasteiger partial charge in [0.15, 0.2) is 11.5 Å². The molecule has 1 saturated heterocycles. The van der Waals surface area contributed by atoms with E-state index in [4.69, 9.17) is 9.47 Å². The van der Waals surface area contributed by atoms with Crippen molar-refractivity contribution in [3.8, 4) is 17.2 Å². The Kier molecular flexibility index (Phi) is 7.63. The summed E-state index contributed by atoms with van der Waals surface area (Å²) in [4.78, 5) is 27.4. The van der Waals surface area contributed by atoms with Crippen LogP contribution in [-0.4, -0.2) is 46.6 Å². The second-order valence-electron chi connectivity index (χ2n) is 8.39. The Bertz CT molecular complexity index is 1060. The fraction of sp³-hybridized carbons (Fsp3) is 0.385. The van der Waals surface area contributed by atoms with E-state index in [0.29, 0.717) is 49.0 Å². The molecule has 1 heterocycles. The second kappa shape index (κ2) is 10.4. The Morgan fingerprint density at radius 1 is 1.09 bits per heavy atom. The van der Waals surface area contributed by atoms with Gasteiger partial charge in [-0.1, -0.05) is 39.0 Å². The van der Waals surface area contributed by atoms with Gasteiger partial charge in [0.25, 0.3) is 11.7 Å².